The van der Waals surface area contributed by atoms with E-state index >= 15 is 0 Å². The van der Waals surface area contributed by atoms with E-state index in [4.69, 9.17) is 0 Å². The lowest BCUT2D eigenvalue weighted by molar-refractivity contribution is -0.134. The zero-order chi connectivity index (χ0) is 18.4. The first kappa shape index (κ1) is 18.8. The molecule has 2 N–H and O–H groups in total. The van der Waals surface area contributed by atoms with Gasteiger partial charge < -0.3 is 15.5 Å². The summed E-state index contributed by atoms with van der Waals surface area (Å²) in [6.07, 6.45) is 5.65. The van der Waals surface area contributed by atoms with Crippen LogP contribution in [0.3, 0.4) is 0 Å². The molecular weight excluding hydrogens is 333 g/mol. The van der Waals surface area contributed by atoms with Crippen molar-refractivity contribution in [1.29, 1.82) is 0 Å². The number of halogens is 1. The van der Waals surface area contributed by atoms with Crippen molar-refractivity contribution in [2.24, 2.45) is 5.92 Å². The van der Waals surface area contributed by atoms with Gasteiger partial charge in [-0.2, -0.15) is 0 Å². The van der Waals surface area contributed by atoms with Gasteiger partial charge in [0.25, 0.3) is 0 Å². The molecule has 0 aromatic heterocycles. The quantitative estimate of drug-likeness (QED) is 0.847. The zero-order valence-electron chi connectivity index (χ0n) is 15.2. The van der Waals surface area contributed by atoms with Gasteiger partial charge in [0, 0.05) is 38.5 Å². The molecule has 1 unspecified atom stereocenters. The Morgan fingerprint density at radius 1 is 1.23 bits per heavy atom. The van der Waals surface area contributed by atoms with Crippen LogP contribution in [0.15, 0.2) is 24.3 Å². The topological polar surface area (TPSA) is 61.4 Å². The Bertz CT molecular complexity index is 631. The number of carbonyl (C=O) groups is 2. The second-order valence-corrected chi connectivity index (χ2v) is 7.24. The molecule has 6 heteroatoms. The van der Waals surface area contributed by atoms with Gasteiger partial charge in [-0.05, 0) is 30.5 Å². The number of nitrogens with zero attached hydrogens (tertiary/aromatic N) is 1. The molecule has 1 aliphatic carbocycles. The summed E-state index contributed by atoms with van der Waals surface area (Å²) in [7, 11) is 0. The van der Waals surface area contributed by atoms with Gasteiger partial charge in [0.1, 0.15) is 5.82 Å². The van der Waals surface area contributed by atoms with Gasteiger partial charge in [0.2, 0.25) is 11.8 Å². The second-order valence-electron chi connectivity index (χ2n) is 7.24. The van der Waals surface area contributed by atoms with E-state index in [1.54, 1.807) is 11.0 Å². The first-order valence-electron chi connectivity index (χ1n) is 9.68. The Kier molecular flexibility index (Phi) is 6.61. The first-order chi connectivity index (χ1) is 12.6. The molecule has 1 heterocycles. The molecule has 0 radical (unpaired) electrons. The summed E-state index contributed by atoms with van der Waals surface area (Å²) in [5, 5.41) is 6.19. The van der Waals surface area contributed by atoms with Crippen LogP contribution in [0, 0.1) is 11.7 Å². The number of benzene rings is 1. The van der Waals surface area contributed by atoms with Crippen LogP contribution in [0.25, 0.3) is 0 Å². The fourth-order valence-electron chi connectivity index (χ4n) is 3.96. The minimum atomic E-state index is -0.291. The smallest absolute Gasteiger partial charge is 0.224 e. The average molecular weight is 361 g/mol. The molecule has 0 bridgehead atoms. The fraction of sp³-hybridized carbons (Fsp3) is 0.600. The molecule has 3 rings (SSSR count). The maximum Gasteiger partial charge on any atom is 0.224 e. The molecule has 1 aromatic carbocycles. The molecule has 1 atom stereocenters. The Hall–Kier alpha value is -1.95. The number of hydrogen-bond donors (Lipinski definition) is 2. The van der Waals surface area contributed by atoms with Gasteiger partial charge in [0.15, 0.2) is 0 Å². The van der Waals surface area contributed by atoms with Crippen LogP contribution in [0.5, 0.6) is 0 Å². The van der Waals surface area contributed by atoms with Crippen LogP contribution in [0.4, 0.5) is 4.39 Å². The number of hydrogen-bond acceptors (Lipinski definition) is 3. The fourth-order valence-corrected chi connectivity index (χ4v) is 3.96. The van der Waals surface area contributed by atoms with Crippen molar-refractivity contribution in [1.82, 2.24) is 15.5 Å². The van der Waals surface area contributed by atoms with Gasteiger partial charge >= 0.3 is 0 Å². The predicted octanol–water partition coefficient (Wildman–Crippen LogP) is 2.39. The molecule has 142 valence electrons. The third kappa shape index (κ3) is 4.81. The third-order valence-corrected chi connectivity index (χ3v) is 5.41. The Morgan fingerprint density at radius 3 is 2.81 bits per heavy atom. The molecule has 1 saturated heterocycles. The lowest BCUT2D eigenvalue weighted by Crippen LogP contribution is -2.49. The van der Waals surface area contributed by atoms with E-state index in [2.05, 4.69) is 10.6 Å². The van der Waals surface area contributed by atoms with Gasteiger partial charge in [-0.25, -0.2) is 4.39 Å². The number of carbonyl (C=O) groups excluding carboxylic acids is 2. The maximum absolute atomic E-state index is 13.5. The van der Waals surface area contributed by atoms with Gasteiger partial charge in [-0.15, -0.1) is 0 Å². The molecule has 2 aliphatic rings. The minimum Gasteiger partial charge on any atom is -0.355 e. The maximum atomic E-state index is 13.5. The number of nitrogens with one attached hydrogen (secondary N) is 2. The lowest BCUT2D eigenvalue weighted by Gasteiger charge is -2.36. The van der Waals surface area contributed by atoms with Gasteiger partial charge in [-0.1, -0.05) is 31.4 Å². The molecule has 5 nitrogen and oxygen atoms in total. The van der Waals surface area contributed by atoms with Crippen LogP contribution in [0.2, 0.25) is 0 Å². The summed E-state index contributed by atoms with van der Waals surface area (Å²) in [6, 6.07) is 6.26. The van der Waals surface area contributed by atoms with Crippen LogP contribution >= 0.6 is 0 Å². The molecule has 2 amide bonds. The highest BCUT2D eigenvalue weighted by molar-refractivity contribution is 5.80. The Balaban J connectivity index is 1.52. The molecule has 2 fully saturated rings. The molecular formula is C20H28FN3O2. The van der Waals surface area contributed by atoms with Crippen molar-refractivity contribution in [2.45, 2.75) is 44.6 Å². The molecule has 1 saturated carbocycles. The van der Waals surface area contributed by atoms with Crippen LogP contribution in [-0.2, 0) is 9.59 Å². The molecule has 26 heavy (non-hydrogen) atoms. The van der Waals surface area contributed by atoms with Crippen molar-refractivity contribution in [3.63, 3.8) is 0 Å². The highest BCUT2D eigenvalue weighted by atomic mass is 19.1. The molecule has 0 spiro atoms. The van der Waals surface area contributed by atoms with E-state index < -0.39 is 0 Å². The van der Waals surface area contributed by atoms with Crippen LogP contribution in [-0.4, -0.2) is 42.9 Å². The summed E-state index contributed by atoms with van der Waals surface area (Å²) in [5.74, 6) is -0.0949. The first-order valence-corrected chi connectivity index (χ1v) is 9.68. The SMILES string of the molecule is O=C(NCCC(=O)N1CCNCC1c1cccc(F)c1)C1CCCCC1. The summed E-state index contributed by atoms with van der Waals surface area (Å²) >= 11 is 0. The Morgan fingerprint density at radius 2 is 2.04 bits per heavy atom. The summed E-state index contributed by atoms with van der Waals surface area (Å²) in [5.41, 5.74) is 0.803. The van der Waals surface area contributed by atoms with Gasteiger partial charge in [-0.3, -0.25) is 9.59 Å². The van der Waals surface area contributed by atoms with Crippen molar-refractivity contribution >= 4 is 11.8 Å². The van der Waals surface area contributed by atoms with E-state index in [-0.39, 0.29) is 36.0 Å². The summed E-state index contributed by atoms with van der Waals surface area (Å²) in [6.45, 7) is 2.31. The third-order valence-electron chi connectivity index (χ3n) is 5.41. The monoisotopic (exact) mass is 361 g/mol. The van der Waals surface area contributed by atoms with Crippen molar-refractivity contribution in [3.05, 3.63) is 35.6 Å². The van der Waals surface area contributed by atoms with Crippen molar-refractivity contribution in [3.8, 4) is 0 Å². The van der Waals surface area contributed by atoms with Crippen molar-refractivity contribution < 1.29 is 14.0 Å². The highest BCUT2D eigenvalue weighted by Crippen LogP contribution is 2.24. The van der Waals surface area contributed by atoms with E-state index in [1.807, 2.05) is 6.07 Å². The van der Waals surface area contributed by atoms with Crippen LogP contribution in [0.1, 0.15) is 50.1 Å². The second kappa shape index (κ2) is 9.12. The van der Waals surface area contributed by atoms with E-state index in [9.17, 15) is 14.0 Å². The summed E-state index contributed by atoms with van der Waals surface area (Å²) in [4.78, 5) is 26.7. The van der Waals surface area contributed by atoms with Gasteiger partial charge in [0.05, 0.1) is 6.04 Å². The average Bonchev–Trinajstić information content (AvgIpc) is 2.68. The highest BCUT2D eigenvalue weighted by Gasteiger charge is 2.28. The molecule has 1 aliphatic heterocycles. The normalized spacial score (nSPS) is 21.4. The number of amides is 2. The lowest BCUT2D eigenvalue weighted by atomic mass is 9.89. The van der Waals surface area contributed by atoms with E-state index in [0.29, 0.717) is 19.6 Å². The van der Waals surface area contributed by atoms with E-state index in [1.165, 1.54) is 18.6 Å². The largest absolute Gasteiger partial charge is 0.355 e. The zero-order valence-corrected chi connectivity index (χ0v) is 15.2. The minimum absolute atomic E-state index is 0.00436. The molecule has 1 aromatic rings. The predicted molar refractivity (Wildman–Crippen MR) is 97.9 cm³/mol. The van der Waals surface area contributed by atoms with Crippen LogP contribution < -0.4 is 10.6 Å². The Labute approximate surface area is 154 Å². The standard InChI is InChI=1S/C20H28FN3O2/c21-17-8-4-7-16(13-17)18-14-22-11-12-24(18)19(25)9-10-23-20(26)15-5-2-1-3-6-15/h4,7-8,13,15,18,22H,1-3,5-6,9-12,14H2,(H,23,26). The van der Waals surface area contributed by atoms with Crippen molar-refractivity contribution in [2.75, 3.05) is 26.2 Å². The van der Waals surface area contributed by atoms with E-state index in [0.717, 1.165) is 37.8 Å². The number of piperazine rings is 1. The number of rotatable bonds is 5. The summed E-state index contributed by atoms with van der Waals surface area (Å²) < 4.78 is 13.5.